The van der Waals surface area contributed by atoms with Crippen LogP contribution in [0.1, 0.15) is 22.1 Å². The lowest BCUT2D eigenvalue weighted by atomic mass is 10.3. The van der Waals surface area contributed by atoms with Gasteiger partial charge < -0.3 is 0 Å². The summed E-state index contributed by atoms with van der Waals surface area (Å²) < 4.78 is 40.4. The molecule has 1 amide bonds. The van der Waals surface area contributed by atoms with Gasteiger partial charge in [-0.25, -0.2) is 9.66 Å². The third-order valence-electron chi connectivity index (χ3n) is 3.79. The van der Waals surface area contributed by atoms with Crippen molar-refractivity contribution in [2.24, 2.45) is 0 Å². The van der Waals surface area contributed by atoms with Crippen LogP contribution in [0.3, 0.4) is 0 Å². The van der Waals surface area contributed by atoms with Gasteiger partial charge in [-0.2, -0.15) is 18.3 Å². The second kappa shape index (κ2) is 6.75. The normalized spacial score (nSPS) is 12.0. The summed E-state index contributed by atoms with van der Waals surface area (Å²) in [5, 5.41) is 3.80. The van der Waals surface area contributed by atoms with E-state index in [9.17, 15) is 22.8 Å². The first-order valence-electron chi connectivity index (χ1n) is 7.58. The van der Waals surface area contributed by atoms with Crippen molar-refractivity contribution >= 4 is 43.4 Å². The van der Waals surface area contributed by atoms with Crippen molar-refractivity contribution in [2.45, 2.75) is 33.5 Å². The van der Waals surface area contributed by atoms with Crippen LogP contribution in [0.2, 0.25) is 0 Å². The Morgan fingerprint density at radius 1 is 1.33 bits per heavy atom. The summed E-state index contributed by atoms with van der Waals surface area (Å²) in [6.07, 6.45) is -4.65. The maximum absolute atomic E-state index is 12.9. The molecule has 3 aromatic rings. The van der Waals surface area contributed by atoms with Crippen molar-refractivity contribution in [1.82, 2.24) is 19.4 Å². The predicted molar refractivity (Wildman–Crippen MR) is 97.4 cm³/mol. The fourth-order valence-corrected chi connectivity index (χ4v) is 3.91. The lowest BCUT2D eigenvalue weighted by molar-refractivity contribution is -0.142. The summed E-state index contributed by atoms with van der Waals surface area (Å²) in [5.74, 6) is -0.447. The zero-order valence-electron chi connectivity index (χ0n) is 14.3. The smallest absolute Gasteiger partial charge is 0.271 e. The lowest BCUT2D eigenvalue weighted by Gasteiger charge is -2.11. The fourth-order valence-electron chi connectivity index (χ4n) is 2.49. The molecular weight excluding hydrogens is 451 g/mol. The zero-order valence-corrected chi connectivity index (χ0v) is 16.7. The Bertz CT molecular complexity index is 1120. The second-order valence-electron chi connectivity index (χ2n) is 5.81. The molecule has 27 heavy (non-hydrogen) atoms. The van der Waals surface area contributed by atoms with Gasteiger partial charge in [-0.05, 0) is 42.8 Å². The molecule has 3 heterocycles. The molecule has 0 saturated carbocycles. The molecule has 0 unspecified atom stereocenters. The van der Waals surface area contributed by atoms with Crippen LogP contribution >= 0.6 is 27.3 Å². The van der Waals surface area contributed by atoms with Gasteiger partial charge >= 0.3 is 6.18 Å². The van der Waals surface area contributed by atoms with Crippen LogP contribution in [0.15, 0.2) is 15.3 Å². The fraction of sp³-hybridized carbons (Fsp3) is 0.333. The first kappa shape index (κ1) is 19.5. The minimum absolute atomic E-state index is 0.142. The number of aryl methyl sites for hydroxylation is 2. The number of alkyl halides is 3. The number of halogens is 4. The van der Waals surface area contributed by atoms with E-state index in [0.717, 1.165) is 14.2 Å². The van der Waals surface area contributed by atoms with Crippen molar-refractivity contribution in [3.63, 3.8) is 0 Å². The van der Waals surface area contributed by atoms with E-state index in [2.05, 4.69) is 31.4 Å². The molecule has 3 aromatic heterocycles. The monoisotopic (exact) mass is 463 g/mol. The highest BCUT2D eigenvalue weighted by Crippen LogP contribution is 2.35. The highest BCUT2D eigenvalue weighted by Gasteiger charge is 2.38. The van der Waals surface area contributed by atoms with Crippen LogP contribution < -0.4 is 11.0 Å². The first-order valence-corrected chi connectivity index (χ1v) is 9.19. The highest BCUT2D eigenvalue weighted by atomic mass is 79.9. The number of carbonyl (C=O) groups is 1. The third kappa shape index (κ3) is 3.63. The quantitative estimate of drug-likeness (QED) is 0.646. The van der Waals surface area contributed by atoms with E-state index in [1.807, 2.05) is 6.92 Å². The minimum Gasteiger partial charge on any atom is -0.271 e. The summed E-state index contributed by atoms with van der Waals surface area (Å²) in [7, 11) is 0. The number of aromatic nitrogens is 4. The number of hydrogen-bond donors (Lipinski definition) is 1. The van der Waals surface area contributed by atoms with E-state index in [1.54, 1.807) is 13.0 Å². The zero-order chi connectivity index (χ0) is 20.1. The molecule has 0 radical (unpaired) electrons. The van der Waals surface area contributed by atoms with Crippen molar-refractivity contribution < 1.29 is 18.0 Å². The second-order valence-corrected chi connectivity index (χ2v) is 7.84. The molecule has 0 aliphatic heterocycles. The minimum atomic E-state index is -4.65. The topological polar surface area (TPSA) is 81.8 Å². The van der Waals surface area contributed by atoms with Crippen LogP contribution in [0.25, 0.3) is 10.2 Å². The number of amides is 1. The standard InChI is InChI=1S/C15H13BrF3N5O2S/c1-6-4-9-13(27-6)20-8(3)24(14(9)26)21-10(25)5-23-7(2)11(16)12(22-23)15(17,18)19/h4H,5H2,1-3H3,(H,21,25). The van der Waals surface area contributed by atoms with Crippen LogP contribution in [0.5, 0.6) is 0 Å². The average Bonchev–Trinajstić information content (AvgIpc) is 3.05. The van der Waals surface area contributed by atoms with Crippen LogP contribution in [-0.4, -0.2) is 25.3 Å². The molecule has 0 spiro atoms. The van der Waals surface area contributed by atoms with Gasteiger partial charge in [0.25, 0.3) is 11.5 Å². The summed E-state index contributed by atoms with van der Waals surface area (Å²) in [4.78, 5) is 30.6. The molecule has 0 aliphatic rings. The molecule has 12 heteroatoms. The van der Waals surface area contributed by atoms with Crippen LogP contribution in [0.4, 0.5) is 13.2 Å². The Kier molecular flexibility index (Phi) is 4.89. The Labute approximate surface area is 162 Å². The number of thiophene rings is 1. The maximum Gasteiger partial charge on any atom is 0.436 e. The van der Waals surface area contributed by atoms with Crippen molar-refractivity contribution in [3.8, 4) is 0 Å². The van der Waals surface area contributed by atoms with Gasteiger partial charge in [0.2, 0.25) is 0 Å². The molecule has 0 atom stereocenters. The molecule has 0 saturated heterocycles. The van der Waals surface area contributed by atoms with Gasteiger partial charge in [0, 0.05) is 4.88 Å². The summed E-state index contributed by atoms with van der Waals surface area (Å²) in [6, 6.07) is 1.67. The average molecular weight is 464 g/mol. The molecule has 3 rings (SSSR count). The Morgan fingerprint density at radius 2 is 2.00 bits per heavy atom. The largest absolute Gasteiger partial charge is 0.436 e. The Hall–Kier alpha value is -2.21. The van der Waals surface area contributed by atoms with Crippen molar-refractivity contribution in [3.05, 3.63) is 43.0 Å². The molecule has 0 aromatic carbocycles. The van der Waals surface area contributed by atoms with Gasteiger partial charge in [0.1, 0.15) is 17.2 Å². The van der Waals surface area contributed by atoms with E-state index >= 15 is 0 Å². The molecule has 0 aliphatic carbocycles. The Morgan fingerprint density at radius 3 is 2.59 bits per heavy atom. The van der Waals surface area contributed by atoms with Gasteiger partial charge in [-0.15, -0.1) is 11.3 Å². The first-order chi connectivity index (χ1) is 12.5. The summed E-state index contributed by atoms with van der Waals surface area (Å²) in [5.41, 5.74) is 0.948. The number of carbonyl (C=O) groups excluding carboxylic acids is 1. The molecule has 0 fully saturated rings. The SMILES string of the molecule is Cc1cc2c(=O)n(NC(=O)Cn3nc(C(F)(F)F)c(Br)c3C)c(C)nc2s1. The van der Waals surface area contributed by atoms with E-state index in [1.165, 1.54) is 18.3 Å². The Balaban J connectivity index is 1.89. The summed E-state index contributed by atoms with van der Waals surface area (Å²) in [6.45, 7) is 4.29. The van der Waals surface area contributed by atoms with Gasteiger partial charge in [0.05, 0.1) is 15.6 Å². The van der Waals surface area contributed by atoms with E-state index < -0.39 is 29.9 Å². The number of fused-ring (bicyclic) bond motifs is 1. The number of rotatable bonds is 3. The number of nitrogens with zero attached hydrogens (tertiary/aromatic N) is 4. The van der Waals surface area contributed by atoms with Gasteiger partial charge in [0.15, 0.2) is 5.69 Å². The summed E-state index contributed by atoms with van der Waals surface area (Å²) >= 11 is 4.20. The highest BCUT2D eigenvalue weighted by molar-refractivity contribution is 9.10. The molecular formula is C15H13BrF3N5O2S. The van der Waals surface area contributed by atoms with Crippen molar-refractivity contribution in [2.75, 3.05) is 5.43 Å². The van der Waals surface area contributed by atoms with E-state index in [-0.39, 0.29) is 16.0 Å². The van der Waals surface area contributed by atoms with E-state index in [0.29, 0.717) is 10.2 Å². The van der Waals surface area contributed by atoms with Crippen LogP contribution in [0, 0.1) is 20.8 Å². The lowest BCUT2D eigenvalue weighted by Crippen LogP contribution is -2.37. The maximum atomic E-state index is 12.9. The predicted octanol–water partition coefficient (Wildman–Crippen LogP) is 3.13. The van der Waals surface area contributed by atoms with Gasteiger partial charge in [-0.1, -0.05) is 0 Å². The molecule has 0 bridgehead atoms. The van der Waals surface area contributed by atoms with Crippen LogP contribution in [-0.2, 0) is 17.5 Å². The molecule has 1 N–H and O–H groups in total. The third-order valence-corrected chi connectivity index (χ3v) is 5.68. The van der Waals surface area contributed by atoms with E-state index in [4.69, 9.17) is 0 Å². The molecule has 144 valence electrons. The number of nitrogens with one attached hydrogen (secondary N) is 1. The molecule has 7 nitrogen and oxygen atoms in total. The number of hydrogen-bond acceptors (Lipinski definition) is 5. The van der Waals surface area contributed by atoms with Crippen molar-refractivity contribution in [1.29, 1.82) is 0 Å². The van der Waals surface area contributed by atoms with Gasteiger partial charge in [-0.3, -0.25) is 19.7 Å².